The van der Waals surface area contributed by atoms with E-state index in [0.29, 0.717) is 48.3 Å². The summed E-state index contributed by atoms with van der Waals surface area (Å²) in [7, 11) is 0. The van der Waals surface area contributed by atoms with E-state index in [2.05, 4.69) is 26.7 Å². The summed E-state index contributed by atoms with van der Waals surface area (Å²) in [6.07, 6.45) is 2.90. The van der Waals surface area contributed by atoms with Gasteiger partial charge in [0.05, 0.1) is 29.8 Å². The molecule has 1 N–H and O–H groups in total. The Balaban J connectivity index is 1.41. The fourth-order valence-electron chi connectivity index (χ4n) is 5.45. The lowest BCUT2D eigenvalue weighted by Crippen LogP contribution is -2.57. The molecule has 2 saturated heterocycles. The van der Waals surface area contributed by atoms with Crippen LogP contribution in [-0.4, -0.2) is 94.2 Å². The molecule has 214 valence electrons. The highest BCUT2D eigenvalue weighted by Crippen LogP contribution is 2.42. The molecule has 2 aliphatic heterocycles. The van der Waals surface area contributed by atoms with E-state index in [9.17, 15) is 13.6 Å². The molecule has 1 amide bonds. The van der Waals surface area contributed by atoms with Crippen LogP contribution in [0.4, 0.5) is 19.0 Å². The Hall–Kier alpha value is -3.90. The van der Waals surface area contributed by atoms with Crippen molar-refractivity contribution in [2.75, 3.05) is 57.3 Å². The lowest BCUT2D eigenvalue weighted by atomic mass is 9.95. The summed E-state index contributed by atoms with van der Waals surface area (Å²) >= 11 is 6.77. The largest absolute Gasteiger partial charge is 0.462 e. The smallest absolute Gasteiger partial charge is 0.319 e. The normalized spacial score (nSPS) is 17.2. The number of rotatable bonds is 7. The van der Waals surface area contributed by atoms with Crippen molar-refractivity contribution >= 4 is 45.1 Å². The first-order chi connectivity index (χ1) is 19.6. The number of aromatic nitrogens is 4. The average Bonchev–Trinajstić information content (AvgIpc) is 3.42. The zero-order valence-corrected chi connectivity index (χ0v) is 23.0. The van der Waals surface area contributed by atoms with Gasteiger partial charge in [-0.15, -0.1) is 0 Å². The Bertz CT molecular complexity index is 1660. The summed E-state index contributed by atoms with van der Waals surface area (Å²) < 4.78 is 48.8. The number of aryl methyl sites for hydroxylation is 1. The predicted octanol–water partition coefficient (Wildman–Crippen LogP) is 4.44. The number of carbonyl (C=O) groups is 1. The third-order valence-corrected chi connectivity index (χ3v) is 7.84. The number of nitrogens with zero attached hydrogens (tertiary/aromatic N) is 6. The van der Waals surface area contributed by atoms with E-state index in [4.69, 9.17) is 16.3 Å². The van der Waals surface area contributed by atoms with Crippen molar-refractivity contribution in [1.29, 1.82) is 0 Å². The molecule has 0 aliphatic carbocycles. The second-order valence-electron chi connectivity index (χ2n) is 10.3. The van der Waals surface area contributed by atoms with E-state index < -0.39 is 11.7 Å². The SMILES string of the molecule is C=CC(=O)N1CCN(c2nc(OCCN3CC(F)(F)C3)nc3c(F)c(-c4c(C)ccc5[nH]ncc45)c(Cl)cc23)CC1. The average molecular weight is 586 g/mol. The van der Waals surface area contributed by atoms with Crippen LogP contribution >= 0.6 is 11.6 Å². The van der Waals surface area contributed by atoms with Gasteiger partial charge in [0.1, 0.15) is 17.9 Å². The minimum Gasteiger partial charge on any atom is -0.462 e. The van der Waals surface area contributed by atoms with Crippen molar-refractivity contribution in [1.82, 2.24) is 30.0 Å². The monoisotopic (exact) mass is 585 g/mol. The first-order valence-corrected chi connectivity index (χ1v) is 13.5. The van der Waals surface area contributed by atoms with Crippen LogP contribution in [0, 0.1) is 12.7 Å². The van der Waals surface area contributed by atoms with E-state index >= 15 is 4.39 Å². The van der Waals surface area contributed by atoms with Gasteiger partial charge in [-0.3, -0.25) is 14.8 Å². The zero-order chi connectivity index (χ0) is 28.9. The Morgan fingerprint density at radius 2 is 1.93 bits per heavy atom. The van der Waals surface area contributed by atoms with Crippen LogP contribution in [0.15, 0.2) is 37.1 Å². The molecule has 0 bridgehead atoms. The van der Waals surface area contributed by atoms with E-state index in [1.165, 1.54) is 6.08 Å². The van der Waals surface area contributed by atoms with Crippen LogP contribution in [0.2, 0.25) is 5.02 Å². The van der Waals surface area contributed by atoms with Crippen molar-refractivity contribution in [3.05, 3.63) is 53.5 Å². The first-order valence-electron chi connectivity index (χ1n) is 13.2. The number of likely N-dealkylation sites (tertiary alicyclic amines) is 1. The van der Waals surface area contributed by atoms with Gasteiger partial charge in [-0.2, -0.15) is 15.1 Å². The second kappa shape index (κ2) is 10.5. The Morgan fingerprint density at radius 1 is 1.17 bits per heavy atom. The van der Waals surface area contributed by atoms with Crippen LogP contribution in [0.1, 0.15) is 5.56 Å². The molecule has 0 radical (unpaired) electrons. The molecule has 0 spiro atoms. The number of halogens is 4. The number of H-pyrrole nitrogens is 1. The number of anilines is 1. The lowest BCUT2D eigenvalue weighted by molar-refractivity contribution is -0.132. The molecule has 4 heterocycles. The Morgan fingerprint density at radius 3 is 2.63 bits per heavy atom. The number of hydrogen-bond donors (Lipinski definition) is 1. The maximum absolute atomic E-state index is 16.5. The first kappa shape index (κ1) is 27.3. The minimum atomic E-state index is -2.68. The third kappa shape index (κ3) is 5.06. The number of piperazine rings is 1. The van der Waals surface area contributed by atoms with Gasteiger partial charge in [-0.1, -0.05) is 24.2 Å². The predicted molar refractivity (Wildman–Crippen MR) is 150 cm³/mol. The topological polar surface area (TPSA) is 90.5 Å². The van der Waals surface area contributed by atoms with Gasteiger partial charge < -0.3 is 14.5 Å². The highest BCUT2D eigenvalue weighted by molar-refractivity contribution is 6.35. The van der Waals surface area contributed by atoms with Gasteiger partial charge in [-0.05, 0) is 30.7 Å². The third-order valence-electron chi connectivity index (χ3n) is 7.54. The molecule has 13 heteroatoms. The lowest BCUT2D eigenvalue weighted by Gasteiger charge is -2.38. The van der Waals surface area contributed by atoms with E-state index in [-0.39, 0.29) is 54.3 Å². The number of ether oxygens (including phenoxy) is 1. The number of benzene rings is 2. The van der Waals surface area contributed by atoms with Crippen molar-refractivity contribution in [2.45, 2.75) is 12.8 Å². The molecule has 6 rings (SSSR count). The van der Waals surface area contributed by atoms with Crippen LogP contribution in [0.5, 0.6) is 6.01 Å². The zero-order valence-electron chi connectivity index (χ0n) is 22.3. The quantitative estimate of drug-likeness (QED) is 0.321. The summed E-state index contributed by atoms with van der Waals surface area (Å²) in [5, 5.41) is 8.30. The van der Waals surface area contributed by atoms with Crippen molar-refractivity contribution in [3.63, 3.8) is 0 Å². The maximum atomic E-state index is 16.5. The summed E-state index contributed by atoms with van der Waals surface area (Å²) in [5.41, 5.74) is 2.34. The number of alkyl halides is 2. The van der Waals surface area contributed by atoms with Gasteiger partial charge in [0.2, 0.25) is 5.91 Å². The summed E-state index contributed by atoms with van der Waals surface area (Å²) in [6.45, 7) is 6.77. The van der Waals surface area contributed by atoms with Gasteiger partial charge in [0.25, 0.3) is 5.92 Å². The van der Waals surface area contributed by atoms with Crippen molar-refractivity contribution in [3.8, 4) is 17.1 Å². The van der Waals surface area contributed by atoms with Gasteiger partial charge >= 0.3 is 6.01 Å². The highest BCUT2D eigenvalue weighted by atomic mass is 35.5. The molecular weight excluding hydrogens is 559 g/mol. The Labute approximate surface area is 238 Å². The molecule has 0 atom stereocenters. The number of aromatic amines is 1. The molecule has 2 aromatic heterocycles. The second-order valence-corrected chi connectivity index (χ2v) is 10.7. The number of carbonyl (C=O) groups excluding carboxylic acids is 1. The van der Waals surface area contributed by atoms with Crippen molar-refractivity contribution < 1.29 is 22.7 Å². The number of amides is 1. The van der Waals surface area contributed by atoms with Crippen LogP contribution in [-0.2, 0) is 4.79 Å². The molecule has 4 aromatic rings. The maximum Gasteiger partial charge on any atom is 0.319 e. The number of nitrogens with one attached hydrogen (secondary N) is 1. The Kier molecular flexibility index (Phi) is 6.98. The molecule has 2 aromatic carbocycles. The molecule has 0 saturated carbocycles. The molecule has 41 heavy (non-hydrogen) atoms. The fraction of sp³-hybridized carbons (Fsp3) is 0.357. The number of fused-ring (bicyclic) bond motifs is 2. The van der Waals surface area contributed by atoms with E-state index in [1.807, 2.05) is 24.0 Å². The molecular formula is C28H27ClF3N7O2. The van der Waals surface area contributed by atoms with Crippen LogP contribution in [0.25, 0.3) is 32.9 Å². The number of hydrogen-bond acceptors (Lipinski definition) is 7. The standard InChI is InChI=1S/C28H27ClF3N7O2/c1-3-21(40)38-6-8-39(9-7-38)26-17-12-19(29)23(22-16(2)4-5-20-18(22)13-33-36-20)24(30)25(17)34-27(35-26)41-11-10-37-14-28(31,32)15-37/h3-5,12-13H,1,6-11,14-15H2,2H3,(H,33,36). The summed E-state index contributed by atoms with van der Waals surface area (Å²) in [5.74, 6) is -3.07. The molecule has 0 unspecified atom stereocenters. The van der Waals surface area contributed by atoms with Gasteiger partial charge in [-0.25, -0.2) is 13.2 Å². The van der Waals surface area contributed by atoms with Gasteiger partial charge in [0, 0.05) is 54.6 Å². The highest BCUT2D eigenvalue weighted by Gasteiger charge is 2.43. The minimum absolute atomic E-state index is 0.0179. The fourth-order valence-corrected chi connectivity index (χ4v) is 5.74. The van der Waals surface area contributed by atoms with Crippen molar-refractivity contribution in [2.24, 2.45) is 0 Å². The van der Waals surface area contributed by atoms with E-state index in [1.54, 1.807) is 22.1 Å². The molecule has 2 aliphatic rings. The molecule has 9 nitrogen and oxygen atoms in total. The van der Waals surface area contributed by atoms with Gasteiger partial charge in [0.15, 0.2) is 5.82 Å². The summed E-state index contributed by atoms with van der Waals surface area (Å²) in [4.78, 5) is 26.3. The van der Waals surface area contributed by atoms with E-state index in [0.717, 1.165) is 11.1 Å². The van der Waals surface area contributed by atoms with Crippen LogP contribution < -0.4 is 9.64 Å². The summed E-state index contributed by atoms with van der Waals surface area (Å²) in [6, 6.07) is 5.30. The molecule has 2 fully saturated rings. The van der Waals surface area contributed by atoms with Crippen LogP contribution in [0.3, 0.4) is 0 Å².